The van der Waals surface area contributed by atoms with Crippen molar-refractivity contribution in [2.24, 2.45) is 0 Å². The van der Waals surface area contributed by atoms with E-state index in [-0.39, 0.29) is 5.78 Å². The average molecular weight is 233 g/mol. The van der Waals surface area contributed by atoms with Crippen molar-refractivity contribution in [1.82, 2.24) is 9.61 Å². The SMILES string of the molecule is COCCCC(=O)c1cnn2ccc(N)cc12. The van der Waals surface area contributed by atoms with Crippen molar-refractivity contribution in [2.75, 3.05) is 19.5 Å². The highest BCUT2D eigenvalue weighted by atomic mass is 16.5. The predicted molar refractivity (Wildman–Crippen MR) is 65.0 cm³/mol. The number of hydrogen-bond donors (Lipinski definition) is 1. The molecule has 0 aromatic carbocycles. The molecular weight excluding hydrogens is 218 g/mol. The van der Waals surface area contributed by atoms with Gasteiger partial charge in [0, 0.05) is 32.0 Å². The van der Waals surface area contributed by atoms with E-state index in [1.165, 1.54) is 0 Å². The molecule has 0 aliphatic heterocycles. The van der Waals surface area contributed by atoms with Crippen molar-refractivity contribution < 1.29 is 9.53 Å². The highest BCUT2D eigenvalue weighted by molar-refractivity contribution is 6.02. The number of rotatable bonds is 5. The van der Waals surface area contributed by atoms with Crippen LogP contribution < -0.4 is 5.73 Å². The van der Waals surface area contributed by atoms with Crippen molar-refractivity contribution in [1.29, 1.82) is 0 Å². The fourth-order valence-electron chi connectivity index (χ4n) is 1.72. The summed E-state index contributed by atoms with van der Waals surface area (Å²) in [6, 6.07) is 3.51. The maximum absolute atomic E-state index is 12.0. The number of carbonyl (C=O) groups excluding carboxylic acids is 1. The first-order valence-electron chi connectivity index (χ1n) is 5.47. The average Bonchev–Trinajstić information content (AvgIpc) is 2.72. The number of anilines is 1. The quantitative estimate of drug-likeness (QED) is 0.628. The second kappa shape index (κ2) is 4.97. The summed E-state index contributed by atoms with van der Waals surface area (Å²) in [7, 11) is 1.63. The third-order valence-corrected chi connectivity index (χ3v) is 2.60. The number of ether oxygens (including phenoxy) is 1. The lowest BCUT2D eigenvalue weighted by atomic mass is 10.1. The second-order valence-electron chi connectivity index (χ2n) is 3.87. The first kappa shape index (κ1) is 11.6. The standard InChI is InChI=1S/C12H15N3O2/c1-17-6-2-3-12(16)10-8-14-15-5-4-9(13)7-11(10)15/h4-5,7-8H,2-3,6,13H2,1H3. The highest BCUT2D eigenvalue weighted by Gasteiger charge is 2.12. The van der Waals surface area contributed by atoms with Crippen LogP contribution in [-0.4, -0.2) is 29.1 Å². The fourth-order valence-corrected chi connectivity index (χ4v) is 1.72. The van der Waals surface area contributed by atoms with E-state index in [1.54, 1.807) is 36.2 Å². The molecule has 0 bridgehead atoms. The zero-order chi connectivity index (χ0) is 12.3. The molecule has 17 heavy (non-hydrogen) atoms. The zero-order valence-corrected chi connectivity index (χ0v) is 9.72. The Morgan fingerprint density at radius 1 is 1.59 bits per heavy atom. The number of fused-ring (bicyclic) bond motifs is 1. The van der Waals surface area contributed by atoms with Crippen LogP contribution in [0.1, 0.15) is 23.2 Å². The lowest BCUT2D eigenvalue weighted by Crippen LogP contribution is -2.01. The van der Waals surface area contributed by atoms with Crippen LogP contribution in [0.3, 0.4) is 0 Å². The molecule has 2 N–H and O–H groups in total. The third-order valence-electron chi connectivity index (χ3n) is 2.60. The van der Waals surface area contributed by atoms with Gasteiger partial charge < -0.3 is 10.5 Å². The molecule has 0 radical (unpaired) electrons. The van der Waals surface area contributed by atoms with E-state index in [4.69, 9.17) is 10.5 Å². The number of ketones is 1. The summed E-state index contributed by atoms with van der Waals surface area (Å²) < 4.78 is 6.58. The molecule has 5 nitrogen and oxygen atoms in total. The van der Waals surface area contributed by atoms with E-state index in [0.717, 1.165) is 11.9 Å². The van der Waals surface area contributed by atoms with E-state index in [2.05, 4.69) is 5.10 Å². The van der Waals surface area contributed by atoms with Gasteiger partial charge in [-0.05, 0) is 18.6 Å². The number of Topliss-reactive ketones (excluding diaryl/α,β-unsaturated/α-hetero) is 1. The molecule has 2 aromatic heterocycles. The lowest BCUT2D eigenvalue weighted by Gasteiger charge is -2.00. The van der Waals surface area contributed by atoms with Gasteiger partial charge in [0.05, 0.1) is 17.3 Å². The number of pyridine rings is 1. The number of nitrogens with zero attached hydrogens (tertiary/aromatic N) is 2. The molecule has 2 rings (SSSR count). The van der Waals surface area contributed by atoms with Crippen LogP contribution in [0, 0.1) is 0 Å². The van der Waals surface area contributed by atoms with E-state index in [9.17, 15) is 4.79 Å². The van der Waals surface area contributed by atoms with Crippen LogP contribution in [0.25, 0.3) is 5.52 Å². The minimum atomic E-state index is 0.0719. The summed E-state index contributed by atoms with van der Waals surface area (Å²) in [5, 5.41) is 4.12. The Morgan fingerprint density at radius 2 is 2.41 bits per heavy atom. The predicted octanol–water partition coefficient (Wildman–Crippen LogP) is 1.53. The van der Waals surface area contributed by atoms with Gasteiger partial charge in [0.1, 0.15) is 0 Å². The minimum Gasteiger partial charge on any atom is -0.399 e. The normalized spacial score (nSPS) is 10.9. The summed E-state index contributed by atoms with van der Waals surface area (Å²) in [5.41, 5.74) is 7.71. The molecule has 0 aliphatic carbocycles. The summed E-state index contributed by atoms with van der Waals surface area (Å²) in [4.78, 5) is 12.0. The molecule has 90 valence electrons. The molecule has 2 heterocycles. The van der Waals surface area contributed by atoms with Crippen molar-refractivity contribution in [3.05, 3.63) is 30.1 Å². The first-order chi connectivity index (χ1) is 8.22. The van der Waals surface area contributed by atoms with Crippen molar-refractivity contribution >= 4 is 17.0 Å². The van der Waals surface area contributed by atoms with Gasteiger partial charge in [0.15, 0.2) is 5.78 Å². The van der Waals surface area contributed by atoms with Gasteiger partial charge in [-0.1, -0.05) is 0 Å². The number of aromatic nitrogens is 2. The van der Waals surface area contributed by atoms with E-state index in [1.807, 2.05) is 0 Å². The monoisotopic (exact) mass is 233 g/mol. The van der Waals surface area contributed by atoms with Crippen molar-refractivity contribution in [3.63, 3.8) is 0 Å². The van der Waals surface area contributed by atoms with Crippen molar-refractivity contribution in [3.8, 4) is 0 Å². The van der Waals surface area contributed by atoms with Crippen LogP contribution in [0.15, 0.2) is 24.5 Å². The smallest absolute Gasteiger partial charge is 0.166 e. The summed E-state index contributed by atoms with van der Waals surface area (Å²) in [5.74, 6) is 0.0719. The van der Waals surface area contributed by atoms with E-state index >= 15 is 0 Å². The molecule has 0 saturated carbocycles. The van der Waals surface area contributed by atoms with Gasteiger partial charge in [-0.25, -0.2) is 4.52 Å². The highest BCUT2D eigenvalue weighted by Crippen LogP contribution is 2.16. The fraction of sp³-hybridized carbons (Fsp3) is 0.333. The molecule has 0 saturated heterocycles. The summed E-state index contributed by atoms with van der Waals surface area (Å²) in [6.45, 7) is 0.590. The van der Waals surface area contributed by atoms with E-state index < -0.39 is 0 Å². The van der Waals surface area contributed by atoms with Gasteiger partial charge in [0.2, 0.25) is 0 Å². The van der Waals surface area contributed by atoms with Crippen molar-refractivity contribution in [2.45, 2.75) is 12.8 Å². The third kappa shape index (κ3) is 2.45. The topological polar surface area (TPSA) is 69.6 Å². The molecular formula is C12H15N3O2. The Bertz CT molecular complexity index is 534. The maximum atomic E-state index is 12.0. The van der Waals surface area contributed by atoms with Gasteiger partial charge in [0.25, 0.3) is 0 Å². The molecule has 0 fully saturated rings. The Kier molecular flexibility index (Phi) is 3.39. The Labute approximate surface area is 99.2 Å². The Morgan fingerprint density at radius 3 is 3.18 bits per heavy atom. The Hall–Kier alpha value is -1.88. The van der Waals surface area contributed by atoms with Gasteiger partial charge in [-0.15, -0.1) is 0 Å². The van der Waals surface area contributed by atoms with Crippen LogP contribution in [0.2, 0.25) is 0 Å². The molecule has 0 spiro atoms. The largest absolute Gasteiger partial charge is 0.399 e. The summed E-state index contributed by atoms with van der Waals surface area (Å²) >= 11 is 0. The molecule has 5 heteroatoms. The van der Waals surface area contributed by atoms with Crippen LogP contribution in [-0.2, 0) is 4.74 Å². The molecule has 0 aliphatic rings. The number of nitrogens with two attached hydrogens (primary N) is 1. The second-order valence-corrected chi connectivity index (χ2v) is 3.87. The zero-order valence-electron chi connectivity index (χ0n) is 9.72. The number of nitrogen functional groups attached to an aromatic ring is 1. The van der Waals surface area contributed by atoms with Gasteiger partial charge in [-0.3, -0.25) is 4.79 Å². The van der Waals surface area contributed by atoms with E-state index in [0.29, 0.717) is 24.3 Å². The van der Waals surface area contributed by atoms with Crippen LogP contribution in [0.4, 0.5) is 5.69 Å². The number of carbonyl (C=O) groups is 1. The molecule has 2 aromatic rings. The van der Waals surface area contributed by atoms with Crippen LogP contribution in [0.5, 0.6) is 0 Å². The molecule has 0 amide bonds. The number of hydrogen-bond acceptors (Lipinski definition) is 4. The molecule has 0 unspecified atom stereocenters. The Balaban J connectivity index is 2.23. The van der Waals surface area contributed by atoms with Crippen LogP contribution >= 0.6 is 0 Å². The molecule has 0 atom stereocenters. The van der Waals surface area contributed by atoms with Gasteiger partial charge >= 0.3 is 0 Å². The summed E-state index contributed by atoms with van der Waals surface area (Å²) in [6.07, 6.45) is 4.51. The number of methoxy groups -OCH3 is 1. The first-order valence-corrected chi connectivity index (χ1v) is 5.47. The maximum Gasteiger partial charge on any atom is 0.166 e. The minimum absolute atomic E-state index is 0.0719. The van der Waals surface area contributed by atoms with Gasteiger partial charge in [-0.2, -0.15) is 5.10 Å². The lowest BCUT2D eigenvalue weighted by molar-refractivity contribution is 0.0965.